The van der Waals surface area contributed by atoms with Crippen LogP contribution in [0.3, 0.4) is 0 Å². The molecule has 0 saturated carbocycles. The molecule has 0 fully saturated rings. The van der Waals surface area contributed by atoms with E-state index in [9.17, 15) is 9.59 Å². The fraction of sp³-hybridized carbons (Fsp3) is 0.429. The van der Waals surface area contributed by atoms with Crippen LogP contribution in [0.5, 0.6) is 0 Å². The zero-order valence-corrected chi connectivity index (χ0v) is 11.5. The van der Waals surface area contributed by atoms with Crippen molar-refractivity contribution >= 4 is 11.9 Å². The van der Waals surface area contributed by atoms with Gasteiger partial charge in [-0.2, -0.15) is 0 Å². The van der Waals surface area contributed by atoms with E-state index in [4.69, 9.17) is 0 Å². The highest BCUT2D eigenvalue weighted by Gasteiger charge is 1.99. The predicted octanol–water partition coefficient (Wildman–Crippen LogP) is 0.973. The highest BCUT2D eigenvalue weighted by molar-refractivity contribution is 5.74. The smallest absolute Gasteiger partial charge is 0.314 e. The first-order chi connectivity index (χ1) is 9.08. The molecule has 0 atom stereocenters. The lowest BCUT2D eigenvalue weighted by Crippen LogP contribution is -2.40. The van der Waals surface area contributed by atoms with Gasteiger partial charge in [-0.25, -0.2) is 4.79 Å². The number of rotatable bonds is 6. The van der Waals surface area contributed by atoms with Crippen LogP contribution < -0.4 is 16.0 Å². The summed E-state index contributed by atoms with van der Waals surface area (Å²) in [7, 11) is 0. The van der Waals surface area contributed by atoms with Crippen LogP contribution in [0, 0.1) is 6.92 Å². The number of benzene rings is 1. The number of carbonyl (C=O) groups is 2. The molecule has 0 aliphatic heterocycles. The van der Waals surface area contributed by atoms with Crippen molar-refractivity contribution in [1.29, 1.82) is 0 Å². The largest absolute Gasteiger partial charge is 0.355 e. The maximum Gasteiger partial charge on any atom is 0.314 e. The average Bonchev–Trinajstić information content (AvgIpc) is 2.37. The first-order valence-electron chi connectivity index (χ1n) is 6.39. The van der Waals surface area contributed by atoms with Gasteiger partial charge in [0.15, 0.2) is 0 Å². The van der Waals surface area contributed by atoms with Crippen LogP contribution in [0.1, 0.15) is 18.1 Å². The third-order valence-corrected chi connectivity index (χ3v) is 2.60. The van der Waals surface area contributed by atoms with E-state index in [1.165, 1.54) is 18.1 Å². The molecule has 0 aliphatic rings. The average molecular weight is 263 g/mol. The molecule has 104 valence electrons. The van der Waals surface area contributed by atoms with E-state index in [0.29, 0.717) is 19.6 Å². The molecule has 0 spiro atoms. The number of hydrogen-bond acceptors (Lipinski definition) is 2. The number of urea groups is 1. The SMILES string of the molecule is CC(=O)NCCNC(=O)NCCc1ccc(C)cc1. The minimum Gasteiger partial charge on any atom is -0.355 e. The van der Waals surface area contributed by atoms with Crippen LogP contribution in [-0.2, 0) is 11.2 Å². The molecule has 1 aromatic carbocycles. The van der Waals surface area contributed by atoms with E-state index in [1.807, 2.05) is 6.92 Å². The van der Waals surface area contributed by atoms with E-state index in [2.05, 4.69) is 40.2 Å². The molecule has 0 radical (unpaired) electrons. The van der Waals surface area contributed by atoms with Crippen LogP contribution in [0.25, 0.3) is 0 Å². The van der Waals surface area contributed by atoms with Gasteiger partial charge in [-0.3, -0.25) is 4.79 Å². The molecular weight excluding hydrogens is 242 g/mol. The zero-order chi connectivity index (χ0) is 14.1. The van der Waals surface area contributed by atoms with Crippen molar-refractivity contribution in [1.82, 2.24) is 16.0 Å². The molecule has 0 aliphatic carbocycles. The molecule has 0 unspecified atom stereocenters. The second kappa shape index (κ2) is 8.13. The second-order valence-corrected chi connectivity index (χ2v) is 4.40. The molecule has 3 N–H and O–H groups in total. The Labute approximate surface area is 113 Å². The first kappa shape index (κ1) is 15.0. The lowest BCUT2D eigenvalue weighted by molar-refractivity contribution is -0.118. The summed E-state index contributed by atoms with van der Waals surface area (Å²) in [5.74, 6) is -0.0958. The van der Waals surface area contributed by atoms with E-state index in [-0.39, 0.29) is 11.9 Å². The van der Waals surface area contributed by atoms with Crippen molar-refractivity contribution in [3.05, 3.63) is 35.4 Å². The van der Waals surface area contributed by atoms with Crippen molar-refractivity contribution in [2.45, 2.75) is 20.3 Å². The first-order valence-corrected chi connectivity index (χ1v) is 6.39. The van der Waals surface area contributed by atoms with Crippen molar-refractivity contribution in [2.75, 3.05) is 19.6 Å². The summed E-state index contributed by atoms with van der Waals surface area (Å²) in [6, 6.07) is 8.03. The van der Waals surface area contributed by atoms with Crippen molar-refractivity contribution in [2.24, 2.45) is 0 Å². The third-order valence-electron chi connectivity index (χ3n) is 2.60. The molecule has 0 bridgehead atoms. The maximum absolute atomic E-state index is 11.4. The summed E-state index contributed by atoms with van der Waals surface area (Å²) in [6.07, 6.45) is 0.805. The Morgan fingerprint density at radius 3 is 2.16 bits per heavy atom. The molecular formula is C14H21N3O2. The Kier molecular flexibility index (Phi) is 6.43. The Balaban J connectivity index is 2.10. The molecule has 1 rings (SSSR count). The van der Waals surface area contributed by atoms with Gasteiger partial charge in [0.1, 0.15) is 0 Å². The number of carbonyl (C=O) groups excluding carboxylic acids is 2. The van der Waals surface area contributed by atoms with Gasteiger partial charge in [0, 0.05) is 26.6 Å². The third kappa shape index (κ3) is 7.08. The van der Waals surface area contributed by atoms with Gasteiger partial charge in [-0.15, -0.1) is 0 Å². The molecule has 0 aromatic heterocycles. The van der Waals surface area contributed by atoms with Crippen LogP contribution in [0.2, 0.25) is 0 Å². The lowest BCUT2D eigenvalue weighted by atomic mass is 10.1. The van der Waals surface area contributed by atoms with Gasteiger partial charge in [0.2, 0.25) is 5.91 Å². The van der Waals surface area contributed by atoms with Gasteiger partial charge in [-0.05, 0) is 18.9 Å². The van der Waals surface area contributed by atoms with Crippen molar-refractivity contribution in [3.63, 3.8) is 0 Å². The zero-order valence-electron chi connectivity index (χ0n) is 11.5. The normalized spacial score (nSPS) is 9.79. The molecule has 5 heteroatoms. The fourth-order valence-electron chi connectivity index (χ4n) is 1.55. The minimum absolute atomic E-state index is 0.0958. The quantitative estimate of drug-likeness (QED) is 0.669. The van der Waals surface area contributed by atoms with Crippen molar-refractivity contribution < 1.29 is 9.59 Å². The van der Waals surface area contributed by atoms with Gasteiger partial charge in [0.05, 0.1) is 0 Å². The summed E-state index contributed by atoms with van der Waals surface area (Å²) in [5.41, 5.74) is 2.43. The van der Waals surface area contributed by atoms with E-state index in [0.717, 1.165) is 6.42 Å². The lowest BCUT2D eigenvalue weighted by Gasteiger charge is -2.08. The van der Waals surface area contributed by atoms with E-state index in [1.54, 1.807) is 0 Å². The Morgan fingerprint density at radius 1 is 0.947 bits per heavy atom. The summed E-state index contributed by atoms with van der Waals surface area (Å²) >= 11 is 0. The topological polar surface area (TPSA) is 70.2 Å². The highest BCUT2D eigenvalue weighted by Crippen LogP contribution is 2.02. The Hall–Kier alpha value is -2.04. The standard InChI is InChI=1S/C14H21N3O2/c1-11-3-5-13(6-4-11)7-8-16-14(19)17-10-9-15-12(2)18/h3-6H,7-10H2,1-2H3,(H,15,18)(H2,16,17,19). The van der Waals surface area contributed by atoms with Crippen LogP contribution in [0.4, 0.5) is 4.79 Å². The van der Waals surface area contributed by atoms with Gasteiger partial charge < -0.3 is 16.0 Å². The van der Waals surface area contributed by atoms with Gasteiger partial charge in [0.25, 0.3) is 0 Å². The number of aryl methyl sites for hydroxylation is 1. The van der Waals surface area contributed by atoms with Gasteiger partial charge >= 0.3 is 6.03 Å². The summed E-state index contributed by atoms with van der Waals surface area (Å²) in [4.78, 5) is 22.0. The molecule has 5 nitrogen and oxygen atoms in total. The summed E-state index contributed by atoms with van der Waals surface area (Å²) in [6.45, 7) is 4.96. The number of nitrogens with one attached hydrogen (secondary N) is 3. The van der Waals surface area contributed by atoms with E-state index >= 15 is 0 Å². The molecule has 0 saturated heterocycles. The maximum atomic E-state index is 11.4. The molecule has 19 heavy (non-hydrogen) atoms. The number of amides is 3. The summed E-state index contributed by atoms with van der Waals surface area (Å²) < 4.78 is 0. The van der Waals surface area contributed by atoms with E-state index < -0.39 is 0 Å². The monoisotopic (exact) mass is 263 g/mol. The predicted molar refractivity (Wildman–Crippen MR) is 75.0 cm³/mol. The fourth-order valence-corrected chi connectivity index (χ4v) is 1.55. The Bertz CT molecular complexity index is 415. The van der Waals surface area contributed by atoms with Crippen molar-refractivity contribution in [3.8, 4) is 0 Å². The molecule has 1 aromatic rings. The molecule has 0 heterocycles. The van der Waals surface area contributed by atoms with Gasteiger partial charge in [-0.1, -0.05) is 29.8 Å². The van der Waals surface area contributed by atoms with Crippen LogP contribution >= 0.6 is 0 Å². The number of hydrogen-bond donors (Lipinski definition) is 3. The second-order valence-electron chi connectivity index (χ2n) is 4.40. The summed E-state index contributed by atoms with van der Waals surface area (Å²) in [5, 5.41) is 8.05. The van der Waals surface area contributed by atoms with Crippen LogP contribution in [0.15, 0.2) is 24.3 Å². The highest BCUT2D eigenvalue weighted by atomic mass is 16.2. The Morgan fingerprint density at radius 2 is 1.53 bits per heavy atom. The molecule has 3 amide bonds. The minimum atomic E-state index is -0.211. The van der Waals surface area contributed by atoms with Crippen LogP contribution in [-0.4, -0.2) is 31.6 Å².